The molecule has 1 rings (SSSR count). The summed E-state index contributed by atoms with van der Waals surface area (Å²) in [7, 11) is 1.45. The Morgan fingerprint density at radius 3 is 2.20 bits per heavy atom. The monoisotopic (exact) mass is 441 g/mol. The molecule has 0 saturated carbocycles. The number of nitrogens with one attached hydrogen (secondary N) is 3. The second kappa shape index (κ2) is 11.9. The van der Waals surface area contributed by atoms with Gasteiger partial charge in [0.25, 0.3) is 5.91 Å². The van der Waals surface area contributed by atoms with E-state index in [1.54, 1.807) is 36.7 Å². The van der Waals surface area contributed by atoms with Crippen molar-refractivity contribution in [3.05, 3.63) is 34.9 Å². The number of carbonyl (C=O) groups excluding carboxylic acids is 3. The fraction of sp³-hybridized carbons (Fsp3) is 0.571. The summed E-state index contributed by atoms with van der Waals surface area (Å²) in [5.74, 6) is -3.41. The van der Waals surface area contributed by atoms with Crippen LogP contribution in [0.15, 0.2) is 24.3 Å². The van der Waals surface area contributed by atoms with Gasteiger partial charge in [0.05, 0.1) is 5.92 Å². The van der Waals surface area contributed by atoms with Gasteiger partial charge in [-0.1, -0.05) is 50.9 Å². The summed E-state index contributed by atoms with van der Waals surface area (Å²) >= 11 is 5.90. The molecular weight excluding hydrogens is 410 g/mol. The van der Waals surface area contributed by atoms with Gasteiger partial charge >= 0.3 is 0 Å². The maximum absolute atomic E-state index is 13.2. The molecule has 3 atom stereocenters. The van der Waals surface area contributed by atoms with E-state index >= 15 is 0 Å². The van der Waals surface area contributed by atoms with E-state index in [1.807, 2.05) is 13.8 Å². The standard InChI is InChI=1S/C21H32ClN3O5/c1-5-6-16(18(26)25-30)21(29,12-13(2)3)20(28)24-17(19(27)23-4)11-14-7-9-15(22)10-8-14/h7-10,13,16-17,29-30H,5-6,11-12H2,1-4H3,(H,23,27)(H,24,28)(H,25,26). The minimum atomic E-state index is -2.09. The quantitative estimate of drug-likeness (QED) is 0.264. The second-order valence-electron chi connectivity index (χ2n) is 7.81. The average molecular weight is 442 g/mol. The fourth-order valence-electron chi connectivity index (χ4n) is 3.49. The van der Waals surface area contributed by atoms with E-state index < -0.39 is 35.3 Å². The van der Waals surface area contributed by atoms with Gasteiger partial charge in [-0.15, -0.1) is 0 Å². The van der Waals surface area contributed by atoms with E-state index in [2.05, 4.69) is 10.6 Å². The molecule has 3 amide bonds. The molecule has 5 N–H and O–H groups in total. The molecule has 0 fully saturated rings. The number of aliphatic hydroxyl groups is 1. The molecule has 0 aliphatic carbocycles. The zero-order valence-corrected chi connectivity index (χ0v) is 18.6. The van der Waals surface area contributed by atoms with E-state index in [1.165, 1.54) is 7.05 Å². The van der Waals surface area contributed by atoms with Crippen LogP contribution in [0.1, 0.15) is 45.6 Å². The summed E-state index contributed by atoms with van der Waals surface area (Å²) in [6.45, 7) is 5.42. The van der Waals surface area contributed by atoms with Gasteiger partial charge in [-0.3, -0.25) is 19.6 Å². The van der Waals surface area contributed by atoms with Crippen molar-refractivity contribution in [3.63, 3.8) is 0 Å². The smallest absolute Gasteiger partial charge is 0.253 e. The molecule has 0 bridgehead atoms. The van der Waals surface area contributed by atoms with Crippen LogP contribution in [-0.4, -0.2) is 46.7 Å². The number of hydrogen-bond acceptors (Lipinski definition) is 5. The normalized spacial score (nSPS) is 15.1. The molecule has 168 valence electrons. The highest BCUT2D eigenvalue weighted by Gasteiger charge is 2.48. The largest absolute Gasteiger partial charge is 0.379 e. The van der Waals surface area contributed by atoms with Crippen LogP contribution in [0.4, 0.5) is 0 Å². The van der Waals surface area contributed by atoms with Crippen LogP contribution in [0.3, 0.4) is 0 Å². The van der Waals surface area contributed by atoms with E-state index in [0.717, 1.165) is 5.56 Å². The highest BCUT2D eigenvalue weighted by atomic mass is 35.5. The van der Waals surface area contributed by atoms with Crippen molar-refractivity contribution < 1.29 is 24.7 Å². The molecule has 0 aliphatic heterocycles. The van der Waals surface area contributed by atoms with Crippen molar-refractivity contribution >= 4 is 29.3 Å². The summed E-state index contributed by atoms with van der Waals surface area (Å²) < 4.78 is 0. The van der Waals surface area contributed by atoms with Crippen LogP contribution in [-0.2, 0) is 20.8 Å². The van der Waals surface area contributed by atoms with Crippen LogP contribution >= 0.6 is 11.6 Å². The number of carbonyl (C=O) groups is 3. The van der Waals surface area contributed by atoms with Gasteiger partial charge < -0.3 is 15.7 Å². The molecule has 0 heterocycles. The fourth-order valence-corrected chi connectivity index (χ4v) is 3.62. The number of rotatable bonds is 11. The predicted molar refractivity (Wildman–Crippen MR) is 114 cm³/mol. The van der Waals surface area contributed by atoms with Crippen LogP contribution in [0, 0.1) is 11.8 Å². The number of hydroxylamine groups is 1. The lowest BCUT2D eigenvalue weighted by Gasteiger charge is -2.36. The highest BCUT2D eigenvalue weighted by Crippen LogP contribution is 2.30. The number of amides is 3. The Bertz CT molecular complexity index is 726. The Balaban J connectivity index is 3.21. The zero-order chi connectivity index (χ0) is 22.9. The molecule has 0 radical (unpaired) electrons. The molecule has 30 heavy (non-hydrogen) atoms. The summed E-state index contributed by atoms with van der Waals surface area (Å²) in [5, 5.41) is 26.1. The highest BCUT2D eigenvalue weighted by molar-refractivity contribution is 6.30. The summed E-state index contributed by atoms with van der Waals surface area (Å²) in [4.78, 5) is 37.8. The average Bonchev–Trinajstić information content (AvgIpc) is 2.71. The maximum Gasteiger partial charge on any atom is 0.253 e. The Hall–Kier alpha value is -2.16. The second-order valence-corrected chi connectivity index (χ2v) is 8.25. The van der Waals surface area contributed by atoms with Gasteiger partial charge in [0, 0.05) is 18.5 Å². The van der Waals surface area contributed by atoms with Gasteiger partial charge in [-0.25, -0.2) is 5.48 Å². The molecule has 0 saturated heterocycles. The minimum Gasteiger partial charge on any atom is -0.379 e. The lowest BCUT2D eigenvalue weighted by atomic mass is 9.77. The van der Waals surface area contributed by atoms with Gasteiger partial charge in [0.15, 0.2) is 5.60 Å². The van der Waals surface area contributed by atoms with Crippen molar-refractivity contribution in [2.24, 2.45) is 11.8 Å². The van der Waals surface area contributed by atoms with Gasteiger partial charge in [-0.05, 0) is 36.5 Å². The third-order valence-corrected chi connectivity index (χ3v) is 5.17. The van der Waals surface area contributed by atoms with Crippen molar-refractivity contribution in [2.75, 3.05) is 7.05 Å². The summed E-state index contributed by atoms with van der Waals surface area (Å²) in [6.07, 6.45) is 0.851. The Labute approximate surface area is 182 Å². The third kappa shape index (κ3) is 6.97. The number of halogens is 1. The van der Waals surface area contributed by atoms with E-state index in [4.69, 9.17) is 16.8 Å². The van der Waals surface area contributed by atoms with Gasteiger partial charge in [0.2, 0.25) is 11.8 Å². The van der Waals surface area contributed by atoms with Crippen molar-refractivity contribution in [1.82, 2.24) is 16.1 Å². The lowest BCUT2D eigenvalue weighted by molar-refractivity contribution is -0.160. The number of benzene rings is 1. The third-order valence-electron chi connectivity index (χ3n) is 4.91. The molecule has 1 aromatic carbocycles. The van der Waals surface area contributed by atoms with Crippen molar-refractivity contribution in [2.45, 2.75) is 58.1 Å². The van der Waals surface area contributed by atoms with Crippen LogP contribution < -0.4 is 16.1 Å². The first-order valence-electron chi connectivity index (χ1n) is 10.0. The molecule has 3 unspecified atom stereocenters. The topological polar surface area (TPSA) is 128 Å². The van der Waals surface area contributed by atoms with Crippen molar-refractivity contribution in [1.29, 1.82) is 0 Å². The lowest BCUT2D eigenvalue weighted by Crippen LogP contribution is -2.60. The molecule has 0 aliphatic rings. The first-order chi connectivity index (χ1) is 14.1. The van der Waals surface area contributed by atoms with E-state index in [-0.39, 0.29) is 25.2 Å². The summed E-state index contributed by atoms with van der Waals surface area (Å²) in [6, 6.07) is 5.87. The molecule has 0 aromatic heterocycles. The first-order valence-corrected chi connectivity index (χ1v) is 10.4. The summed E-state index contributed by atoms with van der Waals surface area (Å²) in [5.41, 5.74) is 0.214. The van der Waals surface area contributed by atoms with Gasteiger partial charge in [0.1, 0.15) is 6.04 Å². The predicted octanol–water partition coefficient (Wildman–Crippen LogP) is 1.81. The van der Waals surface area contributed by atoms with E-state index in [9.17, 15) is 19.5 Å². The first kappa shape index (κ1) is 25.9. The minimum absolute atomic E-state index is 0.0155. The molecule has 8 nitrogen and oxygen atoms in total. The zero-order valence-electron chi connectivity index (χ0n) is 17.9. The van der Waals surface area contributed by atoms with Crippen LogP contribution in [0.25, 0.3) is 0 Å². The molecular formula is C21H32ClN3O5. The van der Waals surface area contributed by atoms with E-state index in [0.29, 0.717) is 11.4 Å². The number of likely N-dealkylation sites (N-methyl/N-ethyl adjacent to an activating group) is 1. The molecule has 0 spiro atoms. The molecule has 1 aromatic rings. The molecule has 9 heteroatoms. The SMILES string of the molecule is CCCC(C(=O)NO)C(O)(CC(C)C)C(=O)NC(Cc1ccc(Cl)cc1)C(=O)NC. The van der Waals surface area contributed by atoms with Gasteiger partial charge in [-0.2, -0.15) is 0 Å². The number of hydrogen-bond donors (Lipinski definition) is 5. The Morgan fingerprint density at radius 1 is 1.13 bits per heavy atom. The maximum atomic E-state index is 13.2. The Kier molecular flexibility index (Phi) is 10.2. The van der Waals surface area contributed by atoms with Crippen LogP contribution in [0.5, 0.6) is 0 Å². The van der Waals surface area contributed by atoms with Crippen LogP contribution in [0.2, 0.25) is 5.02 Å². The van der Waals surface area contributed by atoms with Crippen molar-refractivity contribution in [3.8, 4) is 0 Å². The Morgan fingerprint density at radius 2 is 1.73 bits per heavy atom.